The molecule has 2 aromatic carbocycles. The second-order valence-electron chi connectivity index (χ2n) is 13.7. The SMILES string of the molecule is CCCCN1C(=O)C(C(O)C2CCCCC2)NC(=O)C12CCN(Cc1ccc(Oc3ccc(C(=O)N4CCOCC4)cc3)cc1)CC2. The monoisotopic (exact) mass is 646 g/mol. The Hall–Kier alpha value is -3.47. The predicted octanol–water partition coefficient (Wildman–Crippen LogP) is 4.35. The Morgan fingerprint density at radius 2 is 1.60 bits per heavy atom. The van der Waals surface area contributed by atoms with Gasteiger partial charge in [-0.05, 0) is 80.0 Å². The molecule has 0 aromatic heterocycles. The number of piperazine rings is 1. The lowest BCUT2D eigenvalue weighted by molar-refractivity contribution is -0.166. The molecule has 2 unspecified atom stereocenters. The van der Waals surface area contributed by atoms with Crippen LogP contribution in [0.25, 0.3) is 0 Å². The van der Waals surface area contributed by atoms with E-state index in [1.165, 1.54) is 6.42 Å². The standard InChI is InChI=1S/C37H50N4O6/c1-2-3-19-41-35(44)32(33(42)28-7-5-4-6-8-28)38-36(45)37(41)17-20-39(21-18-37)26-27-9-13-30(14-10-27)47-31-15-11-29(12-16-31)34(43)40-22-24-46-25-23-40/h9-16,28,32-33,42H,2-8,17-26H2,1H3,(H,38,45). The number of hydrogen-bond acceptors (Lipinski definition) is 7. The van der Waals surface area contributed by atoms with E-state index in [4.69, 9.17) is 9.47 Å². The quantitative estimate of drug-likeness (QED) is 0.395. The molecule has 2 atom stereocenters. The number of likely N-dealkylation sites (tertiary alicyclic amines) is 1. The molecule has 2 aromatic rings. The molecular weight excluding hydrogens is 596 g/mol. The number of hydrogen-bond donors (Lipinski definition) is 2. The van der Waals surface area contributed by atoms with Crippen LogP contribution in [0.1, 0.15) is 80.6 Å². The van der Waals surface area contributed by atoms with E-state index >= 15 is 0 Å². The topological polar surface area (TPSA) is 112 Å². The van der Waals surface area contributed by atoms with Crippen molar-refractivity contribution in [1.29, 1.82) is 0 Å². The van der Waals surface area contributed by atoms with E-state index in [-0.39, 0.29) is 23.6 Å². The van der Waals surface area contributed by atoms with Crippen LogP contribution in [0, 0.1) is 5.92 Å². The van der Waals surface area contributed by atoms with Gasteiger partial charge < -0.3 is 29.7 Å². The van der Waals surface area contributed by atoms with Gasteiger partial charge >= 0.3 is 0 Å². The number of rotatable bonds is 10. The molecule has 47 heavy (non-hydrogen) atoms. The maximum Gasteiger partial charge on any atom is 0.254 e. The van der Waals surface area contributed by atoms with Gasteiger partial charge in [0.2, 0.25) is 11.8 Å². The van der Waals surface area contributed by atoms with Crippen LogP contribution in [0.4, 0.5) is 0 Å². The molecule has 2 N–H and O–H groups in total. The van der Waals surface area contributed by atoms with Gasteiger partial charge in [-0.2, -0.15) is 0 Å². The van der Waals surface area contributed by atoms with E-state index < -0.39 is 17.7 Å². The lowest BCUT2D eigenvalue weighted by Crippen LogP contribution is -2.75. The van der Waals surface area contributed by atoms with Crippen LogP contribution in [-0.4, -0.2) is 101 Å². The van der Waals surface area contributed by atoms with Gasteiger partial charge in [-0.3, -0.25) is 19.3 Å². The molecule has 3 heterocycles. The second kappa shape index (κ2) is 15.2. The van der Waals surface area contributed by atoms with E-state index in [1.54, 1.807) is 12.1 Å². The molecule has 4 fully saturated rings. The summed E-state index contributed by atoms with van der Waals surface area (Å²) in [7, 11) is 0. The fourth-order valence-corrected chi connectivity index (χ4v) is 7.71. The van der Waals surface area contributed by atoms with Crippen molar-refractivity contribution in [2.45, 2.75) is 88.9 Å². The lowest BCUT2D eigenvalue weighted by Gasteiger charge is -2.52. The zero-order valence-corrected chi connectivity index (χ0v) is 27.7. The minimum atomic E-state index is -0.856. The van der Waals surface area contributed by atoms with E-state index in [9.17, 15) is 19.5 Å². The van der Waals surface area contributed by atoms with Crippen molar-refractivity contribution >= 4 is 17.7 Å². The highest BCUT2D eigenvalue weighted by molar-refractivity contribution is 6.00. The van der Waals surface area contributed by atoms with Gasteiger partial charge in [-0.15, -0.1) is 0 Å². The zero-order chi connectivity index (χ0) is 32.8. The molecule has 0 bridgehead atoms. The molecule has 0 radical (unpaired) electrons. The van der Waals surface area contributed by atoms with Crippen LogP contribution in [0.15, 0.2) is 48.5 Å². The fourth-order valence-electron chi connectivity index (χ4n) is 7.71. The Labute approximate surface area is 278 Å². The summed E-state index contributed by atoms with van der Waals surface area (Å²) in [5.74, 6) is 1.24. The van der Waals surface area contributed by atoms with Gasteiger partial charge in [0.25, 0.3) is 5.91 Å². The predicted molar refractivity (Wildman–Crippen MR) is 178 cm³/mol. The molecule has 254 valence electrons. The lowest BCUT2D eigenvalue weighted by atomic mass is 9.78. The maximum absolute atomic E-state index is 13.9. The molecule has 3 aliphatic heterocycles. The number of aliphatic hydroxyl groups is 1. The maximum atomic E-state index is 13.9. The molecule has 10 heteroatoms. The highest BCUT2D eigenvalue weighted by Crippen LogP contribution is 2.36. The highest BCUT2D eigenvalue weighted by atomic mass is 16.5. The first-order chi connectivity index (χ1) is 22.9. The first-order valence-electron chi connectivity index (χ1n) is 17.6. The minimum absolute atomic E-state index is 0.00914. The van der Waals surface area contributed by atoms with E-state index in [0.717, 1.165) is 50.6 Å². The Balaban J connectivity index is 1.03. The summed E-state index contributed by atoms with van der Waals surface area (Å²) < 4.78 is 11.4. The van der Waals surface area contributed by atoms with Gasteiger partial charge in [0, 0.05) is 44.8 Å². The summed E-state index contributed by atoms with van der Waals surface area (Å²) in [5, 5.41) is 14.2. The van der Waals surface area contributed by atoms with Crippen molar-refractivity contribution in [2.24, 2.45) is 5.92 Å². The second-order valence-corrected chi connectivity index (χ2v) is 13.7. The Morgan fingerprint density at radius 1 is 0.957 bits per heavy atom. The minimum Gasteiger partial charge on any atom is -0.457 e. The summed E-state index contributed by atoms with van der Waals surface area (Å²) in [6.45, 7) is 7.15. The zero-order valence-electron chi connectivity index (χ0n) is 27.7. The molecule has 3 amide bonds. The molecule has 3 saturated heterocycles. The average Bonchev–Trinajstić information content (AvgIpc) is 3.12. The van der Waals surface area contributed by atoms with Gasteiger partial charge in [-0.1, -0.05) is 44.7 Å². The number of benzene rings is 2. The van der Waals surface area contributed by atoms with Crippen molar-refractivity contribution in [2.75, 3.05) is 45.9 Å². The van der Waals surface area contributed by atoms with E-state index in [2.05, 4.69) is 29.3 Å². The summed E-state index contributed by atoms with van der Waals surface area (Å²) >= 11 is 0. The number of carbonyl (C=O) groups excluding carboxylic acids is 3. The summed E-state index contributed by atoms with van der Waals surface area (Å²) in [5.41, 5.74) is 0.923. The number of carbonyl (C=O) groups is 3. The number of unbranched alkanes of at least 4 members (excludes halogenated alkanes) is 1. The van der Waals surface area contributed by atoms with Gasteiger partial charge in [0.15, 0.2) is 0 Å². The van der Waals surface area contributed by atoms with Crippen molar-refractivity contribution in [1.82, 2.24) is 20.0 Å². The van der Waals surface area contributed by atoms with Gasteiger partial charge in [0.05, 0.1) is 19.3 Å². The number of morpholine rings is 1. The average molecular weight is 647 g/mol. The Kier molecular flexibility index (Phi) is 10.8. The molecule has 1 saturated carbocycles. The highest BCUT2D eigenvalue weighted by Gasteiger charge is 2.55. The molecule has 4 aliphatic rings. The summed E-state index contributed by atoms with van der Waals surface area (Å²) in [4.78, 5) is 46.4. The van der Waals surface area contributed by atoms with Crippen LogP contribution >= 0.6 is 0 Å². The largest absolute Gasteiger partial charge is 0.457 e. The molecule has 10 nitrogen and oxygen atoms in total. The van der Waals surface area contributed by atoms with E-state index in [1.807, 2.05) is 34.1 Å². The number of piperidine rings is 1. The van der Waals surface area contributed by atoms with Gasteiger partial charge in [-0.25, -0.2) is 0 Å². The molecule has 1 spiro atoms. The fraction of sp³-hybridized carbons (Fsp3) is 0.595. The van der Waals surface area contributed by atoms with Crippen molar-refractivity contribution in [3.63, 3.8) is 0 Å². The third-order valence-corrected chi connectivity index (χ3v) is 10.6. The molecule has 6 rings (SSSR count). The number of nitrogens with zero attached hydrogens (tertiary/aromatic N) is 3. The van der Waals surface area contributed by atoms with Crippen LogP contribution in [0.2, 0.25) is 0 Å². The Morgan fingerprint density at radius 3 is 2.23 bits per heavy atom. The number of nitrogens with one attached hydrogen (secondary N) is 1. The normalized spacial score (nSPS) is 23.1. The van der Waals surface area contributed by atoms with Crippen LogP contribution in [0.5, 0.6) is 11.5 Å². The van der Waals surface area contributed by atoms with Crippen LogP contribution < -0.4 is 10.1 Å². The number of aliphatic hydroxyl groups excluding tert-OH is 1. The van der Waals surface area contributed by atoms with Crippen molar-refractivity contribution in [3.05, 3.63) is 59.7 Å². The van der Waals surface area contributed by atoms with E-state index in [0.29, 0.717) is 75.8 Å². The Bertz CT molecular complexity index is 1360. The smallest absolute Gasteiger partial charge is 0.254 e. The third-order valence-electron chi connectivity index (χ3n) is 10.6. The van der Waals surface area contributed by atoms with Crippen LogP contribution in [-0.2, 0) is 20.9 Å². The first-order valence-corrected chi connectivity index (χ1v) is 17.6. The third kappa shape index (κ3) is 7.50. The van der Waals surface area contributed by atoms with Crippen molar-refractivity contribution in [3.8, 4) is 11.5 Å². The summed E-state index contributed by atoms with van der Waals surface area (Å²) in [6.07, 6.45) is 7.22. The van der Waals surface area contributed by atoms with Crippen LogP contribution in [0.3, 0.4) is 0 Å². The number of ether oxygens (including phenoxy) is 2. The molecular formula is C37H50N4O6. The molecule has 1 aliphatic carbocycles. The summed E-state index contributed by atoms with van der Waals surface area (Å²) in [6, 6.07) is 14.4. The van der Waals surface area contributed by atoms with Gasteiger partial charge in [0.1, 0.15) is 23.1 Å². The first kappa shape index (κ1) is 33.4. The number of amides is 3. The van der Waals surface area contributed by atoms with Crippen molar-refractivity contribution < 1.29 is 29.0 Å².